The van der Waals surface area contributed by atoms with Gasteiger partial charge < -0.3 is 10.0 Å². The molecule has 2 aromatic rings. The van der Waals surface area contributed by atoms with Gasteiger partial charge in [-0.05, 0) is 55.3 Å². The molecule has 144 valence electrons. The monoisotopic (exact) mass is 412 g/mol. The van der Waals surface area contributed by atoms with Gasteiger partial charge in [-0.15, -0.1) is 0 Å². The van der Waals surface area contributed by atoms with Gasteiger partial charge in [0.15, 0.2) is 9.84 Å². The van der Waals surface area contributed by atoms with E-state index in [1.54, 1.807) is 17.0 Å². The van der Waals surface area contributed by atoms with Crippen LogP contribution in [-0.4, -0.2) is 43.5 Å². The molecule has 1 fully saturated rings. The Hall–Kier alpha value is -2.32. The second-order valence-corrected chi connectivity index (χ2v) is 8.76. The van der Waals surface area contributed by atoms with Crippen molar-refractivity contribution in [2.75, 3.05) is 17.7 Å². The summed E-state index contributed by atoms with van der Waals surface area (Å²) in [5.41, 5.74) is 1.11. The second-order valence-electron chi connectivity index (χ2n) is 6.33. The van der Waals surface area contributed by atoms with Crippen LogP contribution in [0, 0.1) is 5.82 Å². The van der Waals surface area contributed by atoms with E-state index in [0.29, 0.717) is 30.8 Å². The van der Waals surface area contributed by atoms with Gasteiger partial charge in [0, 0.05) is 24.2 Å². The molecule has 0 bridgehead atoms. The Bertz CT molecular complexity index is 966. The number of amides is 1. The molecule has 1 N–H and O–H groups in total. The first-order valence-electron chi connectivity index (χ1n) is 8.22. The standard InChI is InChI=1S/C18H18ClFN2O4S/c1-27(25,26)14-7-4-12(5-8-14)22(13-6-9-16(20)15(19)11-13)17-3-2-10-21(17)18(23)24/h4-9,11,17H,2-3,10H2,1H3,(H,23,24)/t17-/m1/s1. The number of benzene rings is 2. The summed E-state index contributed by atoms with van der Waals surface area (Å²) < 4.78 is 37.0. The molecule has 6 nitrogen and oxygen atoms in total. The minimum absolute atomic E-state index is 0.0786. The van der Waals surface area contributed by atoms with E-state index in [1.807, 2.05) is 0 Å². The SMILES string of the molecule is CS(=O)(=O)c1ccc(N(c2ccc(F)c(Cl)c2)[C@@H]2CCCN2C(=O)O)cc1. The first-order valence-corrected chi connectivity index (χ1v) is 10.5. The molecule has 3 rings (SSSR count). The molecule has 0 radical (unpaired) electrons. The first-order chi connectivity index (χ1) is 12.7. The molecule has 1 aliphatic rings. The van der Waals surface area contributed by atoms with Gasteiger partial charge in [-0.1, -0.05) is 11.6 Å². The van der Waals surface area contributed by atoms with Gasteiger partial charge in [0.25, 0.3) is 0 Å². The number of carboxylic acid groups (broad SMARTS) is 1. The summed E-state index contributed by atoms with van der Waals surface area (Å²) in [4.78, 5) is 14.8. The number of anilines is 2. The highest BCUT2D eigenvalue weighted by molar-refractivity contribution is 7.90. The normalized spacial score (nSPS) is 17.1. The van der Waals surface area contributed by atoms with Crippen LogP contribution in [0.3, 0.4) is 0 Å². The zero-order valence-electron chi connectivity index (χ0n) is 14.5. The number of halogens is 2. The van der Waals surface area contributed by atoms with E-state index in [-0.39, 0.29) is 9.92 Å². The number of hydrogen-bond donors (Lipinski definition) is 1. The summed E-state index contributed by atoms with van der Waals surface area (Å²) in [6.07, 6.45) is 0.818. The lowest BCUT2D eigenvalue weighted by atomic mass is 10.2. The Morgan fingerprint density at radius 2 is 1.85 bits per heavy atom. The van der Waals surface area contributed by atoms with E-state index in [0.717, 1.165) is 6.26 Å². The van der Waals surface area contributed by atoms with Crippen molar-refractivity contribution in [3.63, 3.8) is 0 Å². The van der Waals surface area contributed by atoms with Crippen LogP contribution in [0.15, 0.2) is 47.4 Å². The van der Waals surface area contributed by atoms with Crippen molar-refractivity contribution in [2.45, 2.75) is 23.9 Å². The maximum absolute atomic E-state index is 13.6. The van der Waals surface area contributed by atoms with E-state index < -0.39 is 27.9 Å². The maximum atomic E-state index is 13.6. The number of carbonyl (C=O) groups is 1. The number of nitrogens with zero attached hydrogens (tertiary/aromatic N) is 2. The molecule has 0 aliphatic carbocycles. The highest BCUT2D eigenvalue weighted by Gasteiger charge is 2.34. The smallest absolute Gasteiger partial charge is 0.408 e. The van der Waals surface area contributed by atoms with Crippen LogP contribution in [0.25, 0.3) is 0 Å². The third-order valence-corrected chi connectivity index (χ3v) is 5.91. The third kappa shape index (κ3) is 4.01. The van der Waals surface area contributed by atoms with E-state index >= 15 is 0 Å². The minimum Gasteiger partial charge on any atom is -0.465 e. The fraction of sp³-hybridized carbons (Fsp3) is 0.278. The Morgan fingerprint density at radius 3 is 2.41 bits per heavy atom. The van der Waals surface area contributed by atoms with Gasteiger partial charge in [-0.2, -0.15) is 0 Å². The van der Waals surface area contributed by atoms with Gasteiger partial charge in [0.2, 0.25) is 0 Å². The molecule has 1 aliphatic heterocycles. The van der Waals surface area contributed by atoms with Crippen molar-refractivity contribution in [1.82, 2.24) is 4.90 Å². The van der Waals surface area contributed by atoms with Crippen LogP contribution in [0.2, 0.25) is 5.02 Å². The Kier molecular flexibility index (Phi) is 5.30. The van der Waals surface area contributed by atoms with Gasteiger partial charge >= 0.3 is 6.09 Å². The topological polar surface area (TPSA) is 77.9 Å². The van der Waals surface area contributed by atoms with Crippen LogP contribution in [-0.2, 0) is 9.84 Å². The number of rotatable bonds is 4. The van der Waals surface area contributed by atoms with E-state index in [1.165, 1.54) is 35.2 Å². The van der Waals surface area contributed by atoms with Crippen molar-refractivity contribution in [3.05, 3.63) is 53.3 Å². The molecular weight excluding hydrogens is 395 g/mol. The highest BCUT2D eigenvalue weighted by Crippen LogP contribution is 2.36. The zero-order valence-corrected chi connectivity index (χ0v) is 16.0. The van der Waals surface area contributed by atoms with Gasteiger partial charge in [-0.25, -0.2) is 17.6 Å². The summed E-state index contributed by atoms with van der Waals surface area (Å²) in [6, 6.07) is 10.3. The van der Waals surface area contributed by atoms with Crippen LogP contribution in [0.5, 0.6) is 0 Å². The fourth-order valence-electron chi connectivity index (χ4n) is 3.22. The molecular formula is C18H18ClFN2O4S. The van der Waals surface area contributed by atoms with Gasteiger partial charge in [0.1, 0.15) is 12.0 Å². The predicted octanol–water partition coefficient (Wildman–Crippen LogP) is 4.12. The van der Waals surface area contributed by atoms with Crippen LogP contribution >= 0.6 is 11.6 Å². The third-order valence-electron chi connectivity index (χ3n) is 4.49. The summed E-state index contributed by atoms with van der Waals surface area (Å²) in [5, 5.41) is 9.43. The van der Waals surface area contributed by atoms with Crippen molar-refractivity contribution in [1.29, 1.82) is 0 Å². The molecule has 0 spiro atoms. The van der Waals surface area contributed by atoms with Crippen molar-refractivity contribution < 1.29 is 22.7 Å². The average molecular weight is 413 g/mol. The van der Waals surface area contributed by atoms with Gasteiger partial charge in [0.05, 0.1) is 9.92 Å². The summed E-state index contributed by atoms with van der Waals surface area (Å²) in [5.74, 6) is -0.575. The molecule has 1 heterocycles. The lowest BCUT2D eigenvalue weighted by Gasteiger charge is -2.35. The molecule has 27 heavy (non-hydrogen) atoms. The predicted molar refractivity (Wildman–Crippen MR) is 101 cm³/mol. The van der Waals surface area contributed by atoms with Crippen LogP contribution < -0.4 is 4.90 Å². The van der Waals surface area contributed by atoms with E-state index in [4.69, 9.17) is 11.6 Å². The highest BCUT2D eigenvalue weighted by atomic mass is 35.5. The van der Waals surface area contributed by atoms with Crippen LogP contribution in [0.4, 0.5) is 20.6 Å². The molecule has 9 heteroatoms. The van der Waals surface area contributed by atoms with E-state index in [2.05, 4.69) is 0 Å². The fourth-order valence-corrected chi connectivity index (χ4v) is 4.03. The second kappa shape index (κ2) is 7.36. The maximum Gasteiger partial charge on any atom is 0.408 e. The average Bonchev–Trinajstić information content (AvgIpc) is 3.07. The summed E-state index contributed by atoms with van der Waals surface area (Å²) in [6.45, 7) is 0.382. The van der Waals surface area contributed by atoms with Crippen molar-refractivity contribution in [3.8, 4) is 0 Å². The molecule has 0 aromatic heterocycles. The molecule has 0 unspecified atom stereocenters. The lowest BCUT2D eigenvalue weighted by Crippen LogP contribution is -2.44. The molecule has 0 saturated carbocycles. The Balaban J connectivity index is 2.09. The van der Waals surface area contributed by atoms with Crippen molar-refractivity contribution >= 4 is 38.9 Å². The number of likely N-dealkylation sites (tertiary alicyclic amines) is 1. The number of hydrogen-bond acceptors (Lipinski definition) is 4. The Morgan fingerprint density at radius 1 is 1.22 bits per heavy atom. The zero-order chi connectivity index (χ0) is 19.8. The summed E-state index contributed by atoms with van der Waals surface area (Å²) in [7, 11) is -3.36. The molecule has 1 saturated heterocycles. The molecule has 1 atom stereocenters. The largest absolute Gasteiger partial charge is 0.465 e. The Labute approximate surface area is 161 Å². The quantitative estimate of drug-likeness (QED) is 0.817. The minimum atomic E-state index is -3.36. The lowest BCUT2D eigenvalue weighted by molar-refractivity contribution is 0.141. The molecule has 1 amide bonds. The van der Waals surface area contributed by atoms with Crippen molar-refractivity contribution in [2.24, 2.45) is 0 Å². The molecule has 2 aromatic carbocycles. The van der Waals surface area contributed by atoms with E-state index in [9.17, 15) is 22.7 Å². The first kappa shape index (κ1) is 19.4. The summed E-state index contributed by atoms with van der Waals surface area (Å²) >= 11 is 5.93. The number of sulfone groups is 1. The van der Waals surface area contributed by atoms with Gasteiger partial charge in [-0.3, -0.25) is 4.90 Å². The van der Waals surface area contributed by atoms with Crippen LogP contribution in [0.1, 0.15) is 12.8 Å².